The molecule has 0 radical (unpaired) electrons. The summed E-state index contributed by atoms with van der Waals surface area (Å²) in [5, 5.41) is 3.36. The van der Waals surface area contributed by atoms with E-state index in [0.717, 1.165) is 12.1 Å². The summed E-state index contributed by atoms with van der Waals surface area (Å²) < 4.78 is 38.1. The average molecular weight is 301 g/mol. The molecule has 0 atom stereocenters. The van der Waals surface area contributed by atoms with Gasteiger partial charge in [-0.15, -0.1) is 0 Å². The third-order valence-corrected chi connectivity index (χ3v) is 3.08. The number of alkyl halides is 3. The second kappa shape index (κ2) is 5.25. The maximum absolute atomic E-state index is 12.7. The zero-order chi connectivity index (χ0) is 14.9. The topological polar surface area (TPSA) is 38.0 Å². The van der Waals surface area contributed by atoms with Crippen molar-refractivity contribution in [1.82, 2.24) is 0 Å². The molecule has 0 saturated carbocycles. The molecule has 0 spiro atoms. The fraction of sp³-hybridized carbons (Fsp3) is 0.143. The Morgan fingerprint density at radius 3 is 2.35 bits per heavy atom. The lowest BCUT2D eigenvalue weighted by atomic mass is 10.1. The lowest BCUT2D eigenvalue weighted by Crippen LogP contribution is -2.06. The number of hydrogen-bond donors (Lipinski definition) is 2. The van der Waals surface area contributed by atoms with Gasteiger partial charge in [0, 0.05) is 10.7 Å². The number of nitrogens with one attached hydrogen (secondary N) is 1. The quantitative estimate of drug-likeness (QED) is 0.767. The van der Waals surface area contributed by atoms with Crippen LogP contribution in [-0.4, -0.2) is 0 Å². The van der Waals surface area contributed by atoms with E-state index in [-0.39, 0.29) is 0 Å². The predicted octanol–water partition coefficient (Wildman–Crippen LogP) is 4.99. The van der Waals surface area contributed by atoms with Crippen molar-refractivity contribution in [1.29, 1.82) is 0 Å². The van der Waals surface area contributed by atoms with Gasteiger partial charge in [-0.2, -0.15) is 13.2 Å². The van der Waals surface area contributed by atoms with Gasteiger partial charge in [-0.3, -0.25) is 0 Å². The van der Waals surface area contributed by atoms with Crippen LogP contribution in [0, 0.1) is 6.92 Å². The van der Waals surface area contributed by atoms with Crippen molar-refractivity contribution >= 4 is 28.7 Å². The highest BCUT2D eigenvalue weighted by Gasteiger charge is 2.30. The van der Waals surface area contributed by atoms with Gasteiger partial charge >= 0.3 is 6.18 Å². The van der Waals surface area contributed by atoms with Crippen LogP contribution < -0.4 is 11.1 Å². The van der Waals surface area contributed by atoms with Gasteiger partial charge in [0.25, 0.3) is 0 Å². The molecule has 2 nitrogen and oxygen atoms in total. The van der Waals surface area contributed by atoms with E-state index in [1.54, 1.807) is 19.1 Å². The van der Waals surface area contributed by atoms with Gasteiger partial charge in [0.1, 0.15) is 0 Å². The Hall–Kier alpha value is -1.88. The van der Waals surface area contributed by atoms with Crippen molar-refractivity contribution in [2.24, 2.45) is 0 Å². The van der Waals surface area contributed by atoms with E-state index in [0.29, 0.717) is 27.6 Å². The van der Waals surface area contributed by atoms with Gasteiger partial charge in [0.2, 0.25) is 0 Å². The SMILES string of the molecule is Cc1ccc(C(F)(F)F)cc1Nc1ccc(Cl)cc1N. The first-order valence-corrected chi connectivity index (χ1v) is 6.15. The standard InChI is InChI=1S/C14H12ClF3N2/c1-8-2-3-9(14(16,17)18)6-13(8)20-12-5-4-10(15)7-11(12)19/h2-7,20H,19H2,1H3. The van der Waals surface area contributed by atoms with Crippen LogP contribution in [0.25, 0.3) is 0 Å². The van der Waals surface area contributed by atoms with Crippen molar-refractivity contribution in [3.63, 3.8) is 0 Å². The first kappa shape index (κ1) is 14.5. The number of nitrogen functional groups attached to an aromatic ring is 1. The van der Waals surface area contributed by atoms with Crippen molar-refractivity contribution in [3.8, 4) is 0 Å². The van der Waals surface area contributed by atoms with E-state index in [4.69, 9.17) is 17.3 Å². The Morgan fingerprint density at radius 2 is 1.75 bits per heavy atom. The molecule has 2 aromatic carbocycles. The second-order valence-electron chi connectivity index (χ2n) is 4.38. The molecule has 0 heterocycles. The molecule has 6 heteroatoms. The number of anilines is 3. The number of aryl methyl sites for hydroxylation is 1. The van der Waals surface area contributed by atoms with Crippen LogP contribution >= 0.6 is 11.6 Å². The fourth-order valence-corrected chi connectivity index (χ4v) is 1.91. The number of hydrogen-bond acceptors (Lipinski definition) is 2. The van der Waals surface area contributed by atoms with Gasteiger partial charge < -0.3 is 11.1 Å². The van der Waals surface area contributed by atoms with Gasteiger partial charge in [0.15, 0.2) is 0 Å². The third kappa shape index (κ3) is 3.17. The van der Waals surface area contributed by atoms with E-state index in [1.807, 2.05) is 0 Å². The smallest absolute Gasteiger partial charge is 0.397 e. The van der Waals surface area contributed by atoms with Gasteiger partial charge in [-0.05, 0) is 42.8 Å². The molecule has 106 valence electrons. The molecule has 0 aliphatic rings. The maximum Gasteiger partial charge on any atom is 0.416 e. The van der Waals surface area contributed by atoms with Crippen LogP contribution in [0.15, 0.2) is 36.4 Å². The lowest BCUT2D eigenvalue weighted by Gasteiger charge is -2.14. The van der Waals surface area contributed by atoms with Gasteiger partial charge in [-0.25, -0.2) is 0 Å². The summed E-state index contributed by atoms with van der Waals surface area (Å²) in [6.45, 7) is 1.72. The molecule has 0 aromatic heterocycles. The van der Waals surface area contributed by atoms with Crippen molar-refractivity contribution in [2.75, 3.05) is 11.1 Å². The lowest BCUT2D eigenvalue weighted by molar-refractivity contribution is -0.137. The highest BCUT2D eigenvalue weighted by molar-refractivity contribution is 6.31. The third-order valence-electron chi connectivity index (χ3n) is 2.85. The molecule has 0 aliphatic carbocycles. The highest BCUT2D eigenvalue weighted by atomic mass is 35.5. The monoisotopic (exact) mass is 300 g/mol. The molecular formula is C14H12ClF3N2. The minimum Gasteiger partial charge on any atom is -0.397 e. The van der Waals surface area contributed by atoms with E-state index in [9.17, 15) is 13.2 Å². The van der Waals surface area contributed by atoms with E-state index in [1.165, 1.54) is 12.1 Å². The minimum atomic E-state index is -4.38. The van der Waals surface area contributed by atoms with Crippen LogP contribution in [0.3, 0.4) is 0 Å². The zero-order valence-corrected chi connectivity index (χ0v) is 11.3. The van der Waals surface area contributed by atoms with Crippen LogP contribution in [0.4, 0.5) is 30.2 Å². The Bertz CT molecular complexity index is 639. The average Bonchev–Trinajstić information content (AvgIpc) is 2.33. The van der Waals surface area contributed by atoms with Crippen LogP contribution in [0.5, 0.6) is 0 Å². The molecule has 20 heavy (non-hydrogen) atoms. The summed E-state index contributed by atoms with van der Waals surface area (Å²) in [6, 6.07) is 8.29. The summed E-state index contributed by atoms with van der Waals surface area (Å²) >= 11 is 5.78. The normalized spacial score (nSPS) is 11.4. The summed E-state index contributed by atoms with van der Waals surface area (Å²) in [5.41, 5.74) is 6.99. The zero-order valence-electron chi connectivity index (χ0n) is 10.6. The number of rotatable bonds is 2. The predicted molar refractivity (Wildman–Crippen MR) is 75.3 cm³/mol. The molecule has 0 bridgehead atoms. The van der Waals surface area contributed by atoms with Crippen LogP contribution in [-0.2, 0) is 6.18 Å². The van der Waals surface area contributed by atoms with Crippen LogP contribution in [0.1, 0.15) is 11.1 Å². The van der Waals surface area contributed by atoms with Gasteiger partial charge in [0.05, 0.1) is 16.9 Å². The number of halogens is 4. The van der Waals surface area contributed by atoms with Crippen molar-refractivity contribution < 1.29 is 13.2 Å². The Morgan fingerprint density at radius 1 is 1.05 bits per heavy atom. The molecule has 0 fully saturated rings. The van der Waals surface area contributed by atoms with E-state index in [2.05, 4.69) is 5.32 Å². The molecular weight excluding hydrogens is 289 g/mol. The molecule has 0 saturated heterocycles. The van der Waals surface area contributed by atoms with Crippen molar-refractivity contribution in [2.45, 2.75) is 13.1 Å². The number of benzene rings is 2. The summed E-state index contributed by atoms with van der Waals surface area (Å²) in [7, 11) is 0. The maximum atomic E-state index is 12.7. The molecule has 2 rings (SSSR count). The Labute approximate surface area is 119 Å². The highest BCUT2D eigenvalue weighted by Crippen LogP contribution is 2.34. The van der Waals surface area contributed by atoms with E-state index >= 15 is 0 Å². The molecule has 0 unspecified atom stereocenters. The number of nitrogens with two attached hydrogens (primary N) is 1. The first-order chi connectivity index (χ1) is 9.27. The first-order valence-electron chi connectivity index (χ1n) is 5.77. The molecule has 2 aromatic rings. The van der Waals surface area contributed by atoms with E-state index < -0.39 is 11.7 Å². The van der Waals surface area contributed by atoms with Crippen LogP contribution in [0.2, 0.25) is 5.02 Å². The molecule has 3 N–H and O–H groups in total. The molecule has 0 aliphatic heterocycles. The van der Waals surface area contributed by atoms with Crippen molar-refractivity contribution in [3.05, 3.63) is 52.5 Å². The molecule has 0 amide bonds. The Kier molecular flexibility index (Phi) is 3.81. The Balaban J connectivity index is 2.38. The van der Waals surface area contributed by atoms with Gasteiger partial charge in [-0.1, -0.05) is 17.7 Å². The summed E-state index contributed by atoms with van der Waals surface area (Å²) in [6.07, 6.45) is -4.38. The summed E-state index contributed by atoms with van der Waals surface area (Å²) in [5.74, 6) is 0. The second-order valence-corrected chi connectivity index (χ2v) is 4.82. The largest absolute Gasteiger partial charge is 0.416 e. The summed E-state index contributed by atoms with van der Waals surface area (Å²) in [4.78, 5) is 0. The fourth-order valence-electron chi connectivity index (χ4n) is 1.73. The minimum absolute atomic E-state index is 0.355.